The van der Waals surface area contributed by atoms with Crippen LogP contribution in [0.25, 0.3) is 0 Å². The number of alkyl halides is 3. The molecule has 0 radical (unpaired) electrons. The number of halogens is 3. The summed E-state index contributed by atoms with van der Waals surface area (Å²) in [7, 11) is 3.58. The lowest BCUT2D eigenvalue weighted by atomic mass is 10.1. The molecule has 1 atom stereocenters. The van der Waals surface area contributed by atoms with Crippen LogP contribution < -0.4 is 11.3 Å². The van der Waals surface area contributed by atoms with Gasteiger partial charge in [-0.25, -0.2) is 0 Å². The van der Waals surface area contributed by atoms with Gasteiger partial charge in [-0.05, 0) is 20.5 Å². The quantitative estimate of drug-likeness (QED) is 0.506. The second-order valence-electron chi connectivity index (χ2n) is 3.28. The fourth-order valence-corrected chi connectivity index (χ4v) is 1.01. The molecule has 0 aromatic heterocycles. The molecule has 3 nitrogen and oxygen atoms in total. The molecule has 0 aromatic rings. The Morgan fingerprint density at radius 3 is 2.23 bits per heavy atom. The molecule has 0 aliphatic heterocycles. The molecule has 0 aromatic carbocycles. The van der Waals surface area contributed by atoms with Gasteiger partial charge in [-0.2, -0.15) is 13.2 Å². The zero-order valence-corrected chi connectivity index (χ0v) is 7.86. The summed E-state index contributed by atoms with van der Waals surface area (Å²) in [6.45, 7) is 0.507. The van der Waals surface area contributed by atoms with Gasteiger partial charge in [0.05, 0.1) is 0 Å². The van der Waals surface area contributed by atoms with Crippen molar-refractivity contribution in [2.75, 3.05) is 20.6 Å². The number of nitrogens with two attached hydrogens (primary N) is 1. The Bertz CT molecular complexity index is 135. The van der Waals surface area contributed by atoms with E-state index in [1.807, 2.05) is 0 Å². The van der Waals surface area contributed by atoms with Gasteiger partial charge in [-0.1, -0.05) is 0 Å². The Kier molecular flexibility index (Phi) is 5.27. The van der Waals surface area contributed by atoms with Crippen LogP contribution in [-0.2, 0) is 0 Å². The van der Waals surface area contributed by atoms with Crippen LogP contribution in [-0.4, -0.2) is 37.8 Å². The first-order valence-corrected chi connectivity index (χ1v) is 4.03. The monoisotopic (exact) mass is 199 g/mol. The van der Waals surface area contributed by atoms with E-state index < -0.39 is 12.6 Å². The maximum Gasteiger partial charge on any atom is 0.389 e. The van der Waals surface area contributed by atoms with E-state index >= 15 is 0 Å². The molecule has 0 bridgehead atoms. The molecule has 0 fully saturated rings. The molecule has 3 N–H and O–H groups in total. The summed E-state index contributed by atoms with van der Waals surface area (Å²) in [5.41, 5.74) is 2.36. The highest BCUT2D eigenvalue weighted by atomic mass is 19.4. The number of hydrazine groups is 1. The van der Waals surface area contributed by atoms with E-state index in [4.69, 9.17) is 5.84 Å². The van der Waals surface area contributed by atoms with Crippen LogP contribution in [0.4, 0.5) is 13.2 Å². The smallest absolute Gasteiger partial charge is 0.308 e. The third-order valence-corrected chi connectivity index (χ3v) is 1.60. The average Bonchev–Trinajstić information content (AvgIpc) is 1.95. The van der Waals surface area contributed by atoms with Crippen molar-refractivity contribution in [3.05, 3.63) is 0 Å². The Labute approximate surface area is 76.0 Å². The van der Waals surface area contributed by atoms with Crippen molar-refractivity contribution >= 4 is 0 Å². The van der Waals surface area contributed by atoms with Gasteiger partial charge in [-0.3, -0.25) is 11.3 Å². The topological polar surface area (TPSA) is 41.3 Å². The number of likely N-dealkylation sites (N-methyl/N-ethyl adjacent to an activating group) is 1. The maximum atomic E-state index is 11.8. The molecule has 0 rings (SSSR count). The first kappa shape index (κ1) is 12.7. The SMILES string of the molecule is CN(C)CC(CCC(F)(F)F)NN. The van der Waals surface area contributed by atoms with Gasteiger partial charge < -0.3 is 4.90 Å². The summed E-state index contributed by atoms with van der Waals surface area (Å²) in [4.78, 5) is 1.79. The van der Waals surface area contributed by atoms with Crippen LogP contribution in [0.1, 0.15) is 12.8 Å². The minimum atomic E-state index is -4.10. The molecule has 0 amide bonds. The number of rotatable bonds is 5. The zero-order valence-electron chi connectivity index (χ0n) is 7.86. The van der Waals surface area contributed by atoms with E-state index in [2.05, 4.69) is 5.43 Å². The van der Waals surface area contributed by atoms with Gasteiger partial charge in [0.15, 0.2) is 0 Å². The first-order chi connectivity index (χ1) is 5.85. The van der Waals surface area contributed by atoms with Crippen molar-refractivity contribution in [2.24, 2.45) is 5.84 Å². The van der Waals surface area contributed by atoms with Crippen molar-refractivity contribution < 1.29 is 13.2 Å². The van der Waals surface area contributed by atoms with Gasteiger partial charge in [0, 0.05) is 19.0 Å². The Morgan fingerprint density at radius 1 is 1.38 bits per heavy atom. The predicted octanol–water partition coefficient (Wildman–Crippen LogP) is 0.722. The maximum absolute atomic E-state index is 11.8. The minimum Gasteiger partial charge on any atom is -0.308 e. The summed E-state index contributed by atoms with van der Waals surface area (Å²) in [5, 5.41) is 0. The fraction of sp³-hybridized carbons (Fsp3) is 1.00. The van der Waals surface area contributed by atoms with Crippen LogP contribution in [0, 0.1) is 0 Å². The summed E-state index contributed by atoms with van der Waals surface area (Å²) >= 11 is 0. The lowest BCUT2D eigenvalue weighted by Gasteiger charge is -2.20. The van der Waals surface area contributed by atoms with E-state index in [0.717, 1.165) is 0 Å². The Hall–Kier alpha value is -0.330. The minimum absolute atomic E-state index is 0.0121. The lowest BCUT2D eigenvalue weighted by molar-refractivity contribution is -0.136. The molecule has 0 heterocycles. The molecule has 0 spiro atoms. The molecular weight excluding hydrogens is 183 g/mol. The normalized spacial score (nSPS) is 15.0. The largest absolute Gasteiger partial charge is 0.389 e. The van der Waals surface area contributed by atoms with Gasteiger partial charge in [-0.15, -0.1) is 0 Å². The van der Waals surface area contributed by atoms with E-state index in [9.17, 15) is 13.2 Å². The molecule has 6 heteroatoms. The second kappa shape index (κ2) is 5.41. The summed E-state index contributed by atoms with van der Waals surface area (Å²) in [5.74, 6) is 5.11. The Balaban J connectivity index is 3.72. The number of hydrogen-bond donors (Lipinski definition) is 2. The summed E-state index contributed by atoms with van der Waals surface area (Å²) in [6.07, 6.45) is -4.88. The standard InChI is InChI=1S/C7H16F3N3/c1-13(2)5-6(12-11)3-4-7(8,9)10/h6,12H,3-5,11H2,1-2H3. The molecule has 1 unspecified atom stereocenters. The van der Waals surface area contributed by atoms with E-state index in [0.29, 0.717) is 6.54 Å². The molecule has 0 saturated carbocycles. The Morgan fingerprint density at radius 2 is 1.92 bits per heavy atom. The van der Waals surface area contributed by atoms with E-state index in [-0.39, 0.29) is 12.5 Å². The fourth-order valence-electron chi connectivity index (χ4n) is 1.01. The number of nitrogens with one attached hydrogen (secondary N) is 1. The lowest BCUT2D eigenvalue weighted by Crippen LogP contribution is -2.42. The van der Waals surface area contributed by atoms with Crippen molar-refractivity contribution in [3.63, 3.8) is 0 Å². The molecule has 0 aliphatic carbocycles. The molecule has 13 heavy (non-hydrogen) atoms. The number of nitrogens with zero attached hydrogens (tertiary/aromatic N) is 1. The predicted molar refractivity (Wildman–Crippen MR) is 45.0 cm³/mol. The van der Waals surface area contributed by atoms with Gasteiger partial charge in [0.2, 0.25) is 0 Å². The van der Waals surface area contributed by atoms with Crippen LogP contribution in [0.3, 0.4) is 0 Å². The molecular formula is C7H16F3N3. The van der Waals surface area contributed by atoms with Gasteiger partial charge >= 0.3 is 6.18 Å². The van der Waals surface area contributed by atoms with Crippen molar-refractivity contribution in [1.29, 1.82) is 0 Å². The van der Waals surface area contributed by atoms with E-state index in [1.165, 1.54) is 0 Å². The second-order valence-corrected chi connectivity index (χ2v) is 3.28. The molecule has 0 saturated heterocycles. The highest BCUT2D eigenvalue weighted by Crippen LogP contribution is 2.22. The number of hydrogen-bond acceptors (Lipinski definition) is 3. The summed E-state index contributed by atoms with van der Waals surface area (Å²) in [6, 6.07) is -0.309. The van der Waals surface area contributed by atoms with Gasteiger partial charge in [0.25, 0.3) is 0 Å². The highest BCUT2D eigenvalue weighted by Gasteiger charge is 2.28. The van der Waals surface area contributed by atoms with Crippen LogP contribution in [0.2, 0.25) is 0 Å². The first-order valence-electron chi connectivity index (χ1n) is 4.03. The van der Waals surface area contributed by atoms with Gasteiger partial charge in [0.1, 0.15) is 0 Å². The average molecular weight is 199 g/mol. The van der Waals surface area contributed by atoms with E-state index in [1.54, 1.807) is 19.0 Å². The third-order valence-electron chi connectivity index (χ3n) is 1.60. The third kappa shape index (κ3) is 8.01. The highest BCUT2D eigenvalue weighted by molar-refractivity contribution is 4.68. The zero-order chi connectivity index (χ0) is 10.5. The van der Waals surface area contributed by atoms with Crippen molar-refractivity contribution in [2.45, 2.75) is 25.1 Å². The summed E-state index contributed by atoms with van der Waals surface area (Å²) < 4.78 is 35.4. The van der Waals surface area contributed by atoms with Crippen LogP contribution >= 0.6 is 0 Å². The molecule has 0 aliphatic rings. The van der Waals surface area contributed by atoms with Crippen LogP contribution in [0.15, 0.2) is 0 Å². The van der Waals surface area contributed by atoms with Crippen LogP contribution in [0.5, 0.6) is 0 Å². The molecule has 80 valence electrons. The van der Waals surface area contributed by atoms with Crippen molar-refractivity contribution in [1.82, 2.24) is 10.3 Å². The van der Waals surface area contributed by atoms with Crippen molar-refractivity contribution in [3.8, 4) is 0 Å².